The Morgan fingerprint density at radius 1 is 1.50 bits per heavy atom. The second-order valence-corrected chi connectivity index (χ2v) is 8.01. The van der Waals surface area contributed by atoms with Crippen LogP contribution in [0.3, 0.4) is 0 Å². The number of amides is 2. The average Bonchev–Trinajstić information content (AvgIpc) is 2.93. The summed E-state index contributed by atoms with van der Waals surface area (Å²) in [5, 5.41) is 12.1. The highest BCUT2D eigenvalue weighted by atomic mass is 32.2. The van der Waals surface area contributed by atoms with Crippen molar-refractivity contribution >= 4 is 40.5 Å². The maximum Gasteiger partial charge on any atom is 0.249 e. The molecule has 6 nitrogen and oxygen atoms in total. The van der Waals surface area contributed by atoms with Gasteiger partial charge in [-0.1, -0.05) is 25.2 Å². The summed E-state index contributed by atoms with van der Waals surface area (Å²) in [7, 11) is 0. The van der Waals surface area contributed by atoms with E-state index in [4.69, 9.17) is 0 Å². The summed E-state index contributed by atoms with van der Waals surface area (Å²) in [4.78, 5) is 24.7. The maximum absolute atomic E-state index is 12.3. The fraction of sp³-hybridized carbons (Fsp3) is 0.667. The first kappa shape index (κ1) is 15.2. The predicted octanol–water partition coefficient (Wildman–Crippen LogP) is 1.91. The van der Waals surface area contributed by atoms with E-state index in [2.05, 4.69) is 15.5 Å². The summed E-state index contributed by atoms with van der Waals surface area (Å²) in [6.45, 7) is 7.91. The van der Waals surface area contributed by atoms with Gasteiger partial charge in [0.15, 0.2) is 0 Å². The smallest absolute Gasteiger partial charge is 0.249 e. The number of nitrogens with zero attached hydrogens (tertiary/aromatic N) is 3. The molecule has 0 bridgehead atoms. The molecule has 1 aromatic rings. The number of rotatable bonds is 4. The molecule has 0 aliphatic carbocycles. The quantitative estimate of drug-likeness (QED) is 0.859. The first-order valence-electron chi connectivity index (χ1n) is 6.37. The molecule has 1 saturated heterocycles. The number of anilines is 1. The normalized spacial score (nSPS) is 21.2. The first-order valence-corrected chi connectivity index (χ1v) is 8.17. The molecule has 1 fully saturated rings. The van der Waals surface area contributed by atoms with E-state index in [1.54, 1.807) is 16.7 Å². The lowest BCUT2D eigenvalue weighted by Crippen LogP contribution is -2.47. The summed E-state index contributed by atoms with van der Waals surface area (Å²) in [6.07, 6.45) is 0.740. The van der Waals surface area contributed by atoms with Crippen LogP contribution in [0, 0.1) is 0 Å². The van der Waals surface area contributed by atoms with Gasteiger partial charge in [0, 0.05) is 11.7 Å². The zero-order chi connectivity index (χ0) is 14.9. The minimum absolute atomic E-state index is 0.207. The van der Waals surface area contributed by atoms with Crippen LogP contribution < -0.4 is 5.32 Å². The zero-order valence-corrected chi connectivity index (χ0v) is 13.5. The highest BCUT2D eigenvalue weighted by Gasteiger charge is 2.43. The summed E-state index contributed by atoms with van der Waals surface area (Å²) in [5.74, 6) is 0.667. The van der Waals surface area contributed by atoms with Gasteiger partial charge in [-0.2, -0.15) is 0 Å². The van der Waals surface area contributed by atoms with Crippen molar-refractivity contribution < 1.29 is 9.59 Å². The minimum atomic E-state index is -0.459. The Bertz CT molecular complexity index is 515. The number of hydrogen-bond acceptors (Lipinski definition) is 6. The number of carbonyl (C=O) groups excluding carboxylic acids is 2. The van der Waals surface area contributed by atoms with Gasteiger partial charge in [0.25, 0.3) is 0 Å². The van der Waals surface area contributed by atoms with E-state index in [9.17, 15) is 9.59 Å². The molecule has 2 rings (SSSR count). The van der Waals surface area contributed by atoms with Crippen molar-refractivity contribution in [2.45, 2.75) is 44.5 Å². The molecular weight excluding hydrogens is 296 g/mol. The molecule has 2 amide bonds. The molecule has 1 aromatic heterocycles. The van der Waals surface area contributed by atoms with Gasteiger partial charge in [0.2, 0.25) is 17.4 Å². The van der Waals surface area contributed by atoms with Gasteiger partial charge in [-0.15, -0.1) is 22.0 Å². The third-order valence-electron chi connectivity index (χ3n) is 3.13. The lowest BCUT2D eigenvalue weighted by Gasteiger charge is -2.29. The van der Waals surface area contributed by atoms with E-state index >= 15 is 0 Å². The number of carbonyl (C=O) groups is 2. The number of hydrogen-bond donors (Lipinski definition) is 1. The molecule has 0 aromatic carbocycles. The molecule has 0 unspecified atom stereocenters. The lowest BCUT2D eigenvalue weighted by atomic mass is 10.2. The van der Waals surface area contributed by atoms with Crippen LogP contribution in [0.25, 0.3) is 0 Å². The second kappa shape index (κ2) is 5.69. The van der Waals surface area contributed by atoms with Gasteiger partial charge in [-0.25, -0.2) is 0 Å². The van der Waals surface area contributed by atoms with Crippen LogP contribution >= 0.6 is 23.1 Å². The molecule has 20 heavy (non-hydrogen) atoms. The molecule has 8 heteroatoms. The summed E-state index contributed by atoms with van der Waals surface area (Å²) < 4.78 is 0. The number of thioether (sulfide) groups is 1. The van der Waals surface area contributed by atoms with E-state index in [-0.39, 0.29) is 16.7 Å². The van der Waals surface area contributed by atoms with Gasteiger partial charge < -0.3 is 4.90 Å². The Hall–Kier alpha value is -1.15. The molecule has 1 atom stereocenters. The van der Waals surface area contributed by atoms with E-state index in [0.29, 0.717) is 10.9 Å². The first-order chi connectivity index (χ1) is 9.35. The van der Waals surface area contributed by atoms with E-state index < -0.39 is 6.04 Å². The van der Waals surface area contributed by atoms with Crippen molar-refractivity contribution in [3.05, 3.63) is 5.01 Å². The summed E-state index contributed by atoms with van der Waals surface area (Å²) in [5.41, 5.74) is 0. The van der Waals surface area contributed by atoms with Gasteiger partial charge in [-0.05, 0) is 13.8 Å². The van der Waals surface area contributed by atoms with E-state index in [0.717, 1.165) is 11.4 Å². The van der Waals surface area contributed by atoms with Gasteiger partial charge in [-0.3, -0.25) is 14.9 Å². The van der Waals surface area contributed by atoms with Crippen molar-refractivity contribution in [3.8, 4) is 0 Å². The number of aromatic nitrogens is 2. The molecule has 1 N–H and O–H groups in total. The molecular formula is C12H18N4O2S2. The van der Waals surface area contributed by atoms with E-state index in [1.807, 2.05) is 27.7 Å². The predicted molar refractivity (Wildman–Crippen MR) is 80.9 cm³/mol. The molecule has 0 radical (unpaired) electrons. The van der Waals surface area contributed by atoms with Gasteiger partial charge >= 0.3 is 0 Å². The average molecular weight is 314 g/mol. The molecule has 0 saturated carbocycles. The Morgan fingerprint density at radius 2 is 2.20 bits per heavy atom. The Labute approximate surface area is 126 Å². The fourth-order valence-electron chi connectivity index (χ4n) is 1.92. The lowest BCUT2D eigenvalue weighted by molar-refractivity contribution is -0.130. The van der Waals surface area contributed by atoms with Crippen LogP contribution in [0.2, 0.25) is 0 Å². The topological polar surface area (TPSA) is 75.2 Å². The van der Waals surface area contributed by atoms with Crippen molar-refractivity contribution in [3.63, 3.8) is 0 Å². The highest BCUT2D eigenvalue weighted by Crippen LogP contribution is 2.38. The van der Waals surface area contributed by atoms with E-state index in [1.165, 1.54) is 11.3 Å². The third-order valence-corrected chi connectivity index (χ3v) is 5.67. The van der Waals surface area contributed by atoms with Crippen molar-refractivity contribution in [2.75, 3.05) is 11.1 Å². The molecule has 2 heterocycles. The highest BCUT2D eigenvalue weighted by molar-refractivity contribution is 8.00. The largest absolute Gasteiger partial charge is 0.318 e. The number of nitrogens with one attached hydrogen (secondary N) is 1. The molecule has 1 aliphatic heterocycles. The zero-order valence-electron chi connectivity index (χ0n) is 11.9. The Kier molecular flexibility index (Phi) is 4.33. The van der Waals surface area contributed by atoms with Crippen molar-refractivity contribution in [1.82, 2.24) is 15.1 Å². The maximum atomic E-state index is 12.3. The molecule has 0 spiro atoms. The van der Waals surface area contributed by atoms with Crippen LogP contribution in [-0.4, -0.2) is 44.1 Å². The Balaban J connectivity index is 2.06. The van der Waals surface area contributed by atoms with Crippen LogP contribution in [0.1, 0.15) is 38.6 Å². The third kappa shape index (κ3) is 2.95. The SMILES string of the molecule is CC(C)c1nnc(NC(=O)[C@@H]2CSC(C)(C)N2C=O)s1. The van der Waals surface area contributed by atoms with Crippen LogP contribution in [-0.2, 0) is 9.59 Å². The van der Waals surface area contributed by atoms with Gasteiger partial charge in [0.05, 0.1) is 4.87 Å². The van der Waals surface area contributed by atoms with Crippen molar-refractivity contribution in [2.24, 2.45) is 0 Å². The minimum Gasteiger partial charge on any atom is -0.318 e. The second-order valence-electron chi connectivity index (χ2n) is 5.38. The van der Waals surface area contributed by atoms with Crippen molar-refractivity contribution in [1.29, 1.82) is 0 Å². The monoisotopic (exact) mass is 314 g/mol. The Morgan fingerprint density at radius 3 is 2.75 bits per heavy atom. The summed E-state index contributed by atoms with van der Waals surface area (Å²) >= 11 is 2.96. The standard InChI is InChI=1S/C12H18N4O2S2/c1-7(2)10-14-15-11(20-10)13-9(18)8-5-19-12(3,4)16(8)6-17/h6-8H,5H2,1-4H3,(H,13,15,18)/t8-/m0/s1. The molecule has 1 aliphatic rings. The molecule has 110 valence electrons. The fourth-order valence-corrected chi connectivity index (χ4v) is 3.87. The summed E-state index contributed by atoms with van der Waals surface area (Å²) in [6, 6.07) is -0.459. The van der Waals surface area contributed by atoms with Gasteiger partial charge in [0.1, 0.15) is 11.0 Å². The van der Waals surface area contributed by atoms with Crippen LogP contribution in [0.5, 0.6) is 0 Å². The van der Waals surface area contributed by atoms with Crippen LogP contribution in [0.4, 0.5) is 5.13 Å². The van der Waals surface area contributed by atoms with Crippen LogP contribution in [0.15, 0.2) is 0 Å².